The summed E-state index contributed by atoms with van der Waals surface area (Å²) in [7, 11) is -3.38. The van der Waals surface area contributed by atoms with E-state index in [9.17, 15) is 13.2 Å². The van der Waals surface area contributed by atoms with E-state index in [1.165, 1.54) is 29.2 Å². The molecule has 0 radical (unpaired) electrons. The van der Waals surface area contributed by atoms with E-state index in [0.717, 1.165) is 16.7 Å². The second-order valence-electron chi connectivity index (χ2n) is 4.76. The third kappa shape index (κ3) is 3.76. The fourth-order valence-electron chi connectivity index (χ4n) is 1.70. The molecule has 0 spiro atoms. The highest BCUT2D eigenvalue weighted by atomic mass is 32.2. The number of carbonyl (C=O) groups excluding carboxylic acids is 1. The lowest BCUT2D eigenvalue weighted by molar-refractivity contribution is 0.109. The lowest BCUT2D eigenvalue weighted by Gasteiger charge is -2.06. The quantitative estimate of drug-likeness (QED) is 0.719. The molecule has 0 atom stereocenters. The minimum absolute atomic E-state index is 0.128. The summed E-state index contributed by atoms with van der Waals surface area (Å²) in [5.41, 5.74) is 0. The molecule has 7 heteroatoms. The zero-order valence-corrected chi connectivity index (χ0v) is 15.7. The van der Waals surface area contributed by atoms with Gasteiger partial charge in [-0.15, -0.1) is 23.1 Å². The van der Waals surface area contributed by atoms with Crippen molar-refractivity contribution in [2.45, 2.75) is 33.1 Å². The highest BCUT2D eigenvalue weighted by molar-refractivity contribution is 8.14. The zero-order valence-electron chi connectivity index (χ0n) is 12.4. The first-order chi connectivity index (χ1) is 10.4. The highest BCUT2D eigenvalue weighted by Crippen LogP contribution is 2.38. The second kappa shape index (κ2) is 7.21. The van der Waals surface area contributed by atoms with Crippen LogP contribution < -0.4 is 0 Å². The first-order valence-electron chi connectivity index (χ1n) is 6.55. The number of benzene rings is 1. The molecule has 0 saturated heterocycles. The van der Waals surface area contributed by atoms with Crippen LogP contribution in [-0.4, -0.2) is 25.0 Å². The van der Waals surface area contributed by atoms with E-state index in [1.807, 2.05) is 36.6 Å². The third-order valence-electron chi connectivity index (χ3n) is 2.93. The summed E-state index contributed by atoms with van der Waals surface area (Å²) in [5.74, 6) is 0. The first-order valence-corrected chi connectivity index (χ1v) is 11.0. The van der Waals surface area contributed by atoms with E-state index in [4.69, 9.17) is 0 Å². The van der Waals surface area contributed by atoms with Crippen molar-refractivity contribution in [3.8, 4) is 0 Å². The minimum Gasteiger partial charge on any atom is -0.280 e. The van der Waals surface area contributed by atoms with Crippen molar-refractivity contribution in [1.82, 2.24) is 0 Å². The van der Waals surface area contributed by atoms with Crippen molar-refractivity contribution in [2.75, 3.05) is 6.26 Å². The molecule has 0 bridgehead atoms. The van der Waals surface area contributed by atoms with E-state index in [0.29, 0.717) is 9.09 Å². The second-order valence-corrected chi connectivity index (χ2v) is 10.4. The van der Waals surface area contributed by atoms with Gasteiger partial charge < -0.3 is 0 Å². The highest BCUT2D eigenvalue weighted by Gasteiger charge is 2.27. The number of hydrogen-bond donors (Lipinski definition) is 0. The molecule has 1 heterocycles. The van der Waals surface area contributed by atoms with Crippen molar-refractivity contribution in [3.63, 3.8) is 0 Å². The van der Waals surface area contributed by atoms with Gasteiger partial charge in [-0.05, 0) is 50.1 Å². The Bertz CT molecular complexity index is 761. The van der Waals surface area contributed by atoms with E-state index >= 15 is 0 Å². The Labute approximate surface area is 143 Å². The van der Waals surface area contributed by atoms with Gasteiger partial charge in [0.1, 0.15) is 0 Å². The summed E-state index contributed by atoms with van der Waals surface area (Å²) < 4.78 is 25.4. The maximum atomic E-state index is 12.4. The van der Waals surface area contributed by atoms with Gasteiger partial charge in [-0.3, -0.25) is 4.79 Å². The normalized spacial score (nSPS) is 11.8. The predicted octanol–water partition coefficient (Wildman–Crippen LogP) is 4.58. The SMILES string of the molecule is CSc1sc(C(=O)Sc2ccccc2)cc1S(=O)(=O)C(C)C. The molecule has 0 saturated carbocycles. The number of sulfone groups is 1. The molecule has 22 heavy (non-hydrogen) atoms. The van der Waals surface area contributed by atoms with Crippen LogP contribution in [0.4, 0.5) is 0 Å². The molecule has 1 aromatic heterocycles. The van der Waals surface area contributed by atoms with Crippen LogP contribution in [-0.2, 0) is 9.84 Å². The van der Waals surface area contributed by atoms with E-state index in [2.05, 4.69) is 0 Å². The van der Waals surface area contributed by atoms with Crippen LogP contribution in [0.25, 0.3) is 0 Å². The predicted molar refractivity (Wildman–Crippen MR) is 95.1 cm³/mol. The van der Waals surface area contributed by atoms with Gasteiger partial charge >= 0.3 is 0 Å². The van der Waals surface area contributed by atoms with Gasteiger partial charge in [-0.1, -0.05) is 18.2 Å². The Balaban J connectivity index is 2.34. The summed E-state index contributed by atoms with van der Waals surface area (Å²) in [4.78, 5) is 14.0. The maximum absolute atomic E-state index is 12.4. The molecule has 0 unspecified atom stereocenters. The van der Waals surface area contributed by atoms with Gasteiger partial charge in [0, 0.05) is 4.90 Å². The summed E-state index contributed by atoms with van der Waals surface area (Å²) in [6, 6.07) is 10.9. The summed E-state index contributed by atoms with van der Waals surface area (Å²) >= 11 is 3.72. The van der Waals surface area contributed by atoms with Crippen LogP contribution in [0.3, 0.4) is 0 Å². The molecular weight excluding hydrogens is 356 g/mol. The zero-order chi connectivity index (χ0) is 16.3. The smallest absolute Gasteiger partial charge is 0.234 e. The molecular formula is C15H16O3S4. The van der Waals surface area contributed by atoms with Crippen molar-refractivity contribution < 1.29 is 13.2 Å². The average Bonchev–Trinajstić information content (AvgIpc) is 2.93. The maximum Gasteiger partial charge on any atom is 0.234 e. The lowest BCUT2D eigenvalue weighted by Crippen LogP contribution is -2.13. The largest absolute Gasteiger partial charge is 0.280 e. The Morgan fingerprint density at radius 1 is 1.18 bits per heavy atom. The van der Waals surface area contributed by atoms with Crippen molar-refractivity contribution in [3.05, 3.63) is 41.3 Å². The average molecular weight is 373 g/mol. The van der Waals surface area contributed by atoms with Crippen LogP contribution in [0.15, 0.2) is 50.4 Å². The van der Waals surface area contributed by atoms with Gasteiger partial charge in [-0.2, -0.15) is 0 Å². The molecule has 1 aromatic carbocycles. The van der Waals surface area contributed by atoms with Gasteiger partial charge in [0.05, 0.1) is 19.2 Å². The van der Waals surface area contributed by atoms with Gasteiger partial charge in [-0.25, -0.2) is 8.42 Å². The van der Waals surface area contributed by atoms with Crippen molar-refractivity contribution in [1.29, 1.82) is 0 Å². The number of rotatable bonds is 5. The summed E-state index contributed by atoms with van der Waals surface area (Å²) in [6.45, 7) is 3.30. The molecule has 2 aromatic rings. The van der Waals surface area contributed by atoms with Crippen LogP contribution >= 0.6 is 34.9 Å². The topological polar surface area (TPSA) is 51.2 Å². The molecule has 0 aliphatic heterocycles. The van der Waals surface area contributed by atoms with Crippen LogP contribution in [0.1, 0.15) is 23.5 Å². The van der Waals surface area contributed by atoms with Crippen molar-refractivity contribution in [2.24, 2.45) is 0 Å². The van der Waals surface area contributed by atoms with Crippen LogP contribution in [0.2, 0.25) is 0 Å². The van der Waals surface area contributed by atoms with Gasteiger partial charge in [0.15, 0.2) is 9.84 Å². The van der Waals surface area contributed by atoms with E-state index in [-0.39, 0.29) is 10.0 Å². The molecule has 0 aliphatic carbocycles. The van der Waals surface area contributed by atoms with Crippen LogP contribution in [0.5, 0.6) is 0 Å². The first kappa shape index (κ1) is 17.6. The van der Waals surface area contributed by atoms with Crippen molar-refractivity contribution >= 4 is 49.8 Å². The Hall–Kier alpha value is -0.760. The molecule has 3 nitrogen and oxygen atoms in total. The number of hydrogen-bond acceptors (Lipinski definition) is 6. The van der Waals surface area contributed by atoms with E-state index < -0.39 is 15.1 Å². The summed E-state index contributed by atoms with van der Waals surface area (Å²) in [6.07, 6.45) is 1.82. The number of thioether (sulfide) groups is 2. The number of carbonyl (C=O) groups is 1. The fourth-order valence-corrected chi connectivity index (χ4v) is 6.27. The lowest BCUT2D eigenvalue weighted by atomic mass is 10.4. The third-order valence-corrected chi connectivity index (χ3v) is 8.68. The molecule has 0 aliphatic rings. The molecule has 0 N–H and O–H groups in total. The standard InChI is InChI=1S/C15H16O3S4/c1-10(2)22(17,18)13-9-12(21-15(13)19-3)14(16)20-11-7-5-4-6-8-11/h4-10H,1-3H3. The number of thiophene rings is 1. The molecule has 118 valence electrons. The monoisotopic (exact) mass is 372 g/mol. The molecule has 0 amide bonds. The van der Waals surface area contributed by atoms with Gasteiger partial charge in [0.2, 0.25) is 5.12 Å². The minimum atomic E-state index is -3.38. The Kier molecular flexibility index (Phi) is 5.76. The fraction of sp³-hybridized carbons (Fsp3) is 0.267. The molecule has 0 fully saturated rings. The molecule has 2 rings (SSSR count). The van der Waals surface area contributed by atoms with Crippen LogP contribution in [0, 0.1) is 0 Å². The van der Waals surface area contributed by atoms with E-state index in [1.54, 1.807) is 13.8 Å². The Morgan fingerprint density at radius 2 is 1.82 bits per heavy atom. The Morgan fingerprint density at radius 3 is 2.36 bits per heavy atom. The van der Waals surface area contributed by atoms with Gasteiger partial charge in [0.25, 0.3) is 0 Å². The summed E-state index contributed by atoms with van der Waals surface area (Å²) in [5, 5.41) is -0.630.